The van der Waals surface area contributed by atoms with Crippen molar-refractivity contribution in [3.05, 3.63) is 56.9 Å². The van der Waals surface area contributed by atoms with Crippen LogP contribution in [0.4, 0.5) is 5.69 Å². The number of nitrogens with one attached hydrogen (secondary N) is 1. The third-order valence-corrected chi connectivity index (χ3v) is 3.26. The maximum absolute atomic E-state index is 12.0. The number of benzene rings is 1. The minimum Gasteiger partial charge on any atom is -0.346 e. The highest BCUT2D eigenvalue weighted by molar-refractivity contribution is 5.94. The van der Waals surface area contributed by atoms with Crippen molar-refractivity contribution in [2.24, 2.45) is 7.05 Å². The molecule has 1 N–H and O–H groups in total. The number of amides is 1. The summed E-state index contributed by atoms with van der Waals surface area (Å²) in [5.74, 6) is -0.360. The number of aryl methyl sites for hydroxylation is 3. The third kappa shape index (κ3) is 3.25. The first-order valence-electron chi connectivity index (χ1n) is 6.41. The second kappa shape index (κ2) is 5.74. The Morgan fingerprint density at radius 3 is 2.67 bits per heavy atom. The van der Waals surface area contributed by atoms with E-state index in [-0.39, 0.29) is 23.7 Å². The largest absolute Gasteiger partial charge is 0.346 e. The Morgan fingerprint density at radius 2 is 2.10 bits per heavy atom. The van der Waals surface area contributed by atoms with Gasteiger partial charge in [-0.15, -0.1) is 0 Å². The van der Waals surface area contributed by atoms with E-state index in [1.165, 1.54) is 6.07 Å². The highest BCUT2D eigenvalue weighted by atomic mass is 16.6. The Hall–Kier alpha value is -2.70. The molecule has 0 spiro atoms. The number of carbonyl (C=O) groups excluding carboxylic acids is 1. The molecule has 0 aliphatic rings. The molecule has 21 heavy (non-hydrogen) atoms. The first-order valence-corrected chi connectivity index (χ1v) is 6.41. The molecule has 2 aromatic rings. The first kappa shape index (κ1) is 14.7. The second-order valence-electron chi connectivity index (χ2n) is 4.84. The van der Waals surface area contributed by atoms with Gasteiger partial charge >= 0.3 is 0 Å². The Kier molecular flexibility index (Phi) is 4.02. The van der Waals surface area contributed by atoms with Gasteiger partial charge in [-0.25, -0.2) is 0 Å². The summed E-state index contributed by atoms with van der Waals surface area (Å²) in [7, 11) is 1.82. The van der Waals surface area contributed by atoms with Gasteiger partial charge in [0.05, 0.1) is 17.2 Å². The van der Waals surface area contributed by atoms with Crippen molar-refractivity contribution in [1.82, 2.24) is 15.1 Å². The predicted octanol–water partition coefficient (Wildman–Crippen LogP) is 1.88. The van der Waals surface area contributed by atoms with E-state index in [0.717, 1.165) is 11.4 Å². The van der Waals surface area contributed by atoms with Crippen molar-refractivity contribution in [2.75, 3.05) is 0 Å². The molecular formula is C14H16N4O3. The molecule has 0 atom stereocenters. The maximum Gasteiger partial charge on any atom is 0.273 e. The SMILES string of the molecule is Cc1ccc(C(=O)NCc2cc(C)n(C)n2)cc1[N+](=O)[O-]. The summed E-state index contributed by atoms with van der Waals surface area (Å²) in [6.45, 7) is 3.83. The zero-order valence-corrected chi connectivity index (χ0v) is 12.1. The lowest BCUT2D eigenvalue weighted by atomic mass is 10.1. The van der Waals surface area contributed by atoms with Crippen LogP contribution in [-0.2, 0) is 13.6 Å². The molecule has 0 fully saturated rings. The van der Waals surface area contributed by atoms with Gasteiger partial charge in [0, 0.05) is 29.9 Å². The standard InChI is InChI=1S/C14H16N4O3/c1-9-4-5-11(7-13(9)18(20)21)14(19)15-8-12-6-10(2)17(3)16-12/h4-7H,8H2,1-3H3,(H,15,19). The molecule has 0 bridgehead atoms. The molecule has 7 nitrogen and oxygen atoms in total. The number of nitro groups is 1. The van der Waals surface area contributed by atoms with Gasteiger partial charge in [-0.2, -0.15) is 5.10 Å². The normalized spacial score (nSPS) is 10.4. The highest BCUT2D eigenvalue weighted by Gasteiger charge is 2.15. The molecule has 0 saturated heterocycles. The zero-order valence-electron chi connectivity index (χ0n) is 12.1. The monoisotopic (exact) mass is 288 g/mol. The Balaban J connectivity index is 2.10. The maximum atomic E-state index is 12.0. The molecule has 1 heterocycles. The van der Waals surface area contributed by atoms with E-state index in [9.17, 15) is 14.9 Å². The van der Waals surface area contributed by atoms with Crippen LogP contribution in [0.3, 0.4) is 0 Å². The van der Waals surface area contributed by atoms with Crippen molar-refractivity contribution < 1.29 is 9.72 Å². The lowest BCUT2D eigenvalue weighted by Gasteiger charge is -2.04. The van der Waals surface area contributed by atoms with Crippen LogP contribution >= 0.6 is 0 Å². The van der Waals surface area contributed by atoms with Crippen molar-refractivity contribution >= 4 is 11.6 Å². The van der Waals surface area contributed by atoms with Gasteiger partial charge in [0.15, 0.2) is 0 Å². The fourth-order valence-electron chi connectivity index (χ4n) is 1.94. The molecule has 0 radical (unpaired) electrons. The molecule has 0 aliphatic heterocycles. The summed E-state index contributed by atoms with van der Waals surface area (Å²) in [6, 6.07) is 6.30. The summed E-state index contributed by atoms with van der Waals surface area (Å²) in [5.41, 5.74) is 2.46. The lowest BCUT2D eigenvalue weighted by Crippen LogP contribution is -2.23. The van der Waals surface area contributed by atoms with Gasteiger partial charge < -0.3 is 5.32 Å². The van der Waals surface area contributed by atoms with Gasteiger partial charge in [-0.05, 0) is 26.0 Å². The van der Waals surface area contributed by atoms with Gasteiger partial charge in [-0.3, -0.25) is 19.6 Å². The number of nitrogens with zero attached hydrogens (tertiary/aromatic N) is 3. The number of carbonyl (C=O) groups is 1. The van der Waals surface area contributed by atoms with Crippen LogP contribution in [0, 0.1) is 24.0 Å². The van der Waals surface area contributed by atoms with Gasteiger partial charge in [-0.1, -0.05) is 6.07 Å². The number of hydrogen-bond donors (Lipinski definition) is 1. The van der Waals surface area contributed by atoms with Gasteiger partial charge in [0.25, 0.3) is 11.6 Å². The van der Waals surface area contributed by atoms with Crippen LogP contribution < -0.4 is 5.32 Å². The summed E-state index contributed by atoms with van der Waals surface area (Å²) < 4.78 is 1.72. The van der Waals surface area contributed by atoms with Crippen LogP contribution in [-0.4, -0.2) is 20.6 Å². The minimum absolute atomic E-state index is 0.0590. The number of nitro benzene ring substituents is 1. The van der Waals surface area contributed by atoms with Gasteiger partial charge in [0.2, 0.25) is 0 Å². The van der Waals surface area contributed by atoms with Gasteiger partial charge in [0.1, 0.15) is 0 Å². The van der Waals surface area contributed by atoms with E-state index in [1.807, 2.05) is 20.0 Å². The molecule has 110 valence electrons. The number of aromatic nitrogens is 2. The summed E-state index contributed by atoms with van der Waals surface area (Å²) in [4.78, 5) is 22.4. The highest BCUT2D eigenvalue weighted by Crippen LogP contribution is 2.19. The van der Waals surface area contributed by atoms with E-state index >= 15 is 0 Å². The van der Waals surface area contributed by atoms with Crippen molar-refractivity contribution in [1.29, 1.82) is 0 Å². The van der Waals surface area contributed by atoms with Crippen molar-refractivity contribution in [3.8, 4) is 0 Å². The fraction of sp³-hybridized carbons (Fsp3) is 0.286. The quantitative estimate of drug-likeness (QED) is 0.687. The smallest absolute Gasteiger partial charge is 0.273 e. The zero-order chi connectivity index (χ0) is 15.6. The van der Waals surface area contributed by atoms with Crippen LogP contribution in [0.2, 0.25) is 0 Å². The average Bonchev–Trinajstić information content (AvgIpc) is 2.75. The number of rotatable bonds is 4. The summed E-state index contributed by atoms with van der Waals surface area (Å²) >= 11 is 0. The average molecular weight is 288 g/mol. The number of hydrogen-bond acceptors (Lipinski definition) is 4. The molecule has 2 rings (SSSR count). The molecule has 1 amide bonds. The Bertz CT molecular complexity index is 687. The van der Waals surface area contributed by atoms with E-state index in [4.69, 9.17) is 0 Å². The molecule has 0 saturated carbocycles. The van der Waals surface area contributed by atoms with E-state index in [1.54, 1.807) is 23.7 Å². The second-order valence-corrected chi connectivity index (χ2v) is 4.84. The summed E-state index contributed by atoms with van der Waals surface area (Å²) in [6.07, 6.45) is 0. The van der Waals surface area contributed by atoms with Crippen LogP contribution in [0.1, 0.15) is 27.3 Å². The molecular weight excluding hydrogens is 272 g/mol. The van der Waals surface area contributed by atoms with Crippen LogP contribution in [0.15, 0.2) is 24.3 Å². The molecule has 1 aromatic heterocycles. The summed E-state index contributed by atoms with van der Waals surface area (Å²) in [5, 5.41) is 17.8. The Morgan fingerprint density at radius 1 is 1.38 bits per heavy atom. The van der Waals surface area contributed by atoms with Crippen LogP contribution in [0.25, 0.3) is 0 Å². The minimum atomic E-state index is -0.492. The first-order chi connectivity index (χ1) is 9.88. The van der Waals surface area contributed by atoms with E-state index in [0.29, 0.717) is 5.56 Å². The molecule has 1 aromatic carbocycles. The third-order valence-electron chi connectivity index (χ3n) is 3.26. The topological polar surface area (TPSA) is 90.1 Å². The van der Waals surface area contributed by atoms with E-state index < -0.39 is 4.92 Å². The molecule has 0 aliphatic carbocycles. The Labute approximate surface area is 121 Å². The molecule has 7 heteroatoms. The van der Waals surface area contributed by atoms with E-state index in [2.05, 4.69) is 10.4 Å². The predicted molar refractivity (Wildman–Crippen MR) is 76.9 cm³/mol. The molecule has 0 unspecified atom stereocenters. The lowest BCUT2D eigenvalue weighted by molar-refractivity contribution is -0.385. The fourth-order valence-corrected chi connectivity index (χ4v) is 1.94. The van der Waals surface area contributed by atoms with Crippen molar-refractivity contribution in [3.63, 3.8) is 0 Å². The van der Waals surface area contributed by atoms with Crippen molar-refractivity contribution in [2.45, 2.75) is 20.4 Å². The van der Waals surface area contributed by atoms with Crippen LogP contribution in [0.5, 0.6) is 0 Å².